The lowest BCUT2D eigenvalue weighted by molar-refractivity contribution is -0.135. The maximum absolute atomic E-state index is 12.5. The fourth-order valence-electron chi connectivity index (χ4n) is 3.07. The molecule has 1 unspecified atom stereocenters. The van der Waals surface area contributed by atoms with Crippen molar-refractivity contribution in [2.45, 2.75) is 23.8 Å². The molecule has 1 N–H and O–H groups in total. The van der Waals surface area contributed by atoms with Gasteiger partial charge in [-0.15, -0.1) is 11.8 Å². The zero-order valence-corrected chi connectivity index (χ0v) is 14.5. The number of rotatable bonds is 3. The van der Waals surface area contributed by atoms with E-state index in [4.69, 9.17) is 0 Å². The number of amides is 3. The average Bonchev–Trinajstić information content (AvgIpc) is 3.07. The van der Waals surface area contributed by atoms with Gasteiger partial charge in [-0.2, -0.15) is 0 Å². The van der Waals surface area contributed by atoms with Gasteiger partial charge in [0.2, 0.25) is 11.8 Å². The standard InChI is InChI=1S/C17H21N3O3S/c1-24-13-4-2-12(3-5-13)16(22)19-8-10-20(11-9-19)17(23)14-6-7-15(21)18-14/h2-5,14H,6-11H2,1H3,(H,18,21). The minimum absolute atomic E-state index is 0.00363. The summed E-state index contributed by atoms with van der Waals surface area (Å²) in [6, 6.07) is 7.19. The topological polar surface area (TPSA) is 69.7 Å². The molecular weight excluding hydrogens is 326 g/mol. The number of hydrogen-bond acceptors (Lipinski definition) is 4. The summed E-state index contributed by atoms with van der Waals surface area (Å²) in [5.74, 6) is -0.0861. The molecule has 0 spiro atoms. The Morgan fingerprint density at radius 3 is 2.25 bits per heavy atom. The third-order valence-corrected chi connectivity index (χ3v) is 5.25. The fourth-order valence-corrected chi connectivity index (χ4v) is 3.47. The minimum Gasteiger partial charge on any atom is -0.344 e. The second-order valence-corrected chi connectivity index (χ2v) is 6.88. The maximum atomic E-state index is 12.5. The van der Waals surface area contributed by atoms with Gasteiger partial charge in [-0.1, -0.05) is 0 Å². The minimum atomic E-state index is -0.390. The lowest BCUT2D eigenvalue weighted by atomic mass is 10.1. The van der Waals surface area contributed by atoms with E-state index in [0.717, 1.165) is 4.90 Å². The van der Waals surface area contributed by atoms with Gasteiger partial charge in [0.05, 0.1) is 0 Å². The Bertz CT molecular complexity index is 639. The molecule has 1 atom stereocenters. The second kappa shape index (κ2) is 7.25. The van der Waals surface area contributed by atoms with Crippen LogP contribution in [0.15, 0.2) is 29.2 Å². The van der Waals surface area contributed by atoms with Crippen molar-refractivity contribution in [1.82, 2.24) is 15.1 Å². The largest absolute Gasteiger partial charge is 0.344 e. The van der Waals surface area contributed by atoms with Gasteiger partial charge in [0.1, 0.15) is 6.04 Å². The molecule has 3 amide bonds. The van der Waals surface area contributed by atoms with Gasteiger partial charge >= 0.3 is 0 Å². The van der Waals surface area contributed by atoms with Crippen LogP contribution in [0.3, 0.4) is 0 Å². The monoisotopic (exact) mass is 347 g/mol. The number of thioether (sulfide) groups is 1. The van der Waals surface area contributed by atoms with E-state index in [1.54, 1.807) is 21.6 Å². The average molecular weight is 347 g/mol. The molecule has 3 rings (SSSR count). The number of nitrogens with one attached hydrogen (secondary N) is 1. The summed E-state index contributed by atoms with van der Waals surface area (Å²) in [5, 5.41) is 2.71. The fraction of sp³-hybridized carbons (Fsp3) is 0.471. The van der Waals surface area contributed by atoms with Gasteiger partial charge < -0.3 is 15.1 Å². The molecule has 6 nitrogen and oxygen atoms in total. The van der Waals surface area contributed by atoms with Crippen molar-refractivity contribution in [3.8, 4) is 0 Å². The molecule has 7 heteroatoms. The number of piperazine rings is 1. The first-order chi connectivity index (χ1) is 11.6. The number of benzene rings is 1. The zero-order valence-electron chi connectivity index (χ0n) is 13.7. The number of carbonyl (C=O) groups excluding carboxylic acids is 3. The summed E-state index contributed by atoms with van der Waals surface area (Å²) >= 11 is 1.64. The van der Waals surface area contributed by atoms with Gasteiger partial charge in [-0.05, 0) is 36.9 Å². The first kappa shape index (κ1) is 16.8. The van der Waals surface area contributed by atoms with Crippen LogP contribution in [0, 0.1) is 0 Å². The number of carbonyl (C=O) groups is 3. The van der Waals surface area contributed by atoms with Gasteiger partial charge in [0.15, 0.2) is 0 Å². The summed E-state index contributed by atoms with van der Waals surface area (Å²) in [6.07, 6.45) is 2.99. The molecule has 0 bridgehead atoms. The van der Waals surface area contributed by atoms with Crippen LogP contribution in [-0.4, -0.2) is 66.0 Å². The van der Waals surface area contributed by atoms with Crippen molar-refractivity contribution in [1.29, 1.82) is 0 Å². The highest BCUT2D eigenvalue weighted by molar-refractivity contribution is 7.98. The van der Waals surface area contributed by atoms with Crippen LogP contribution in [0.2, 0.25) is 0 Å². The third-order valence-electron chi connectivity index (χ3n) is 4.51. The summed E-state index contributed by atoms with van der Waals surface area (Å²) in [4.78, 5) is 40.8. The van der Waals surface area contributed by atoms with Crippen molar-refractivity contribution in [3.63, 3.8) is 0 Å². The second-order valence-electron chi connectivity index (χ2n) is 6.00. The SMILES string of the molecule is CSc1ccc(C(=O)N2CCN(C(=O)C3CCC(=O)N3)CC2)cc1. The normalized spacial score (nSPS) is 20.9. The van der Waals surface area contributed by atoms with Crippen LogP contribution < -0.4 is 5.32 Å². The summed E-state index contributed by atoms with van der Waals surface area (Å²) in [6.45, 7) is 2.07. The molecule has 0 saturated carbocycles. The lowest BCUT2D eigenvalue weighted by Gasteiger charge is -2.36. The molecule has 2 aliphatic heterocycles. The molecule has 128 valence electrons. The van der Waals surface area contributed by atoms with Gasteiger partial charge in [0, 0.05) is 43.1 Å². The lowest BCUT2D eigenvalue weighted by Crippen LogP contribution is -2.54. The Labute approximate surface area is 145 Å². The van der Waals surface area contributed by atoms with Crippen molar-refractivity contribution in [3.05, 3.63) is 29.8 Å². The molecule has 1 aromatic carbocycles. The molecule has 0 aliphatic carbocycles. The van der Waals surface area contributed by atoms with Crippen LogP contribution in [0.5, 0.6) is 0 Å². The van der Waals surface area contributed by atoms with Gasteiger partial charge in [-0.25, -0.2) is 0 Å². The molecule has 2 aliphatic rings. The Kier molecular flexibility index (Phi) is 5.08. The van der Waals surface area contributed by atoms with Crippen LogP contribution in [0.25, 0.3) is 0 Å². The Morgan fingerprint density at radius 2 is 1.71 bits per heavy atom. The molecule has 24 heavy (non-hydrogen) atoms. The first-order valence-corrected chi connectivity index (χ1v) is 9.32. The van der Waals surface area contributed by atoms with Gasteiger partial charge in [-0.3, -0.25) is 14.4 Å². The molecule has 1 aromatic rings. The highest BCUT2D eigenvalue weighted by Gasteiger charge is 2.33. The van der Waals surface area contributed by atoms with Crippen LogP contribution >= 0.6 is 11.8 Å². The smallest absolute Gasteiger partial charge is 0.253 e. The number of nitrogens with zero attached hydrogens (tertiary/aromatic N) is 2. The predicted octanol–water partition coefficient (Wildman–Crippen LogP) is 0.971. The van der Waals surface area contributed by atoms with E-state index in [9.17, 15) is 14.4 Å². The molecule has 0 radical (unpaired) electrons. The molecule has 2 heterocycles. The Morgan fingerprint density at radius 1 is 1.08 bits per heavy atom. The molecule has 2 saturated heterocycles. The van der Waals surface area contributed by atoms with E-state index < -0.39 is 0 Å². The van der Waals surface area contributed by atoms with Crippen molar-refractivity contribution in [2.24, 2.45) is 0 Å². The highest BCUT2D eigenvalue weighted by atomic mass is 32.2. The van der Waals surface area contributed by atoms with Crippen LogP contribution in [0.4, 0.5) is 0 Å². The van der Waals surface area contributed by atoms with E-state index >= 15 is 0 Å². The quantitative estimate of drug-likeness (QED) is 0.828. The van der Waals surface area contributed by atoms with E-state index in [1.807, 2.05) is 30.5 Å². The summed E-state index contributed by atoms with van der Waals surface area (Å²) in [7, 11) is 0. The number of hydrogen-bond donors (Lipinski definition) is 1. The van der Waals surface area contributed by atoms with E-state index in [1.165, 1.54) is 0 Å². The summed E-state index contributed by atoms with van der Waals surface area (Å²) < 4.78 is 0. The molecule has 0 aromatic heterocycles. The van der Waals surface area contributed by atoms with Crippen molar-refractivity contribution in [2.75, 3.05) is 32.4 Å². The van der Waals surface area contributed by atoms with Gasteiger partial charge in [0.25, 0.3) is 5.91 Å². The zero-order chi connectivity index (χ0) is 17.1. The third kappa shape index (κ3) is 3.56. The summed E-state index contributed by atoms with van der Waals surface area (Å²) in [5.41, 5.74) is 0.677. The molecule has 2 fully saturated rings. The Balaban J connectivity index is 1.55. The maximum Gasteiger partial charge on any atom is 0.253 e. The molecular formula is C17H21N3O3S. The van der Waals surface area contributed by atoms with Crippen molar-refractivity contribution < 1.29 is 14.4 Å². The van der Waals surface area contributed by atoms with Crippen LogP contribution in [0.1, 0.15) is 23.2 Å². The van der Waals surface area contributed by atoms with E-state index in [0.29, 0.717) is 44.6 Å². The van der Waals surface area contributed by atoms with E-state index in [2.05, 4.69) is 5.32 Å². The highest BCUT2D eigenvalue weighted by Crippen LogP contribution is 2.17. The van der Waals surface area contributed by atoms with E-state index in [-0.39, 0.29) is 23.8 Å². The predicted molar refractivity (Wildman–Crippen MR) is 91.9 cm³/mol. The van der Waals surface area contributed by atoms with Crippen LogP contribution in [-0.2, 0) is 9.59 Å². The first-order valence-electron chi connectivity index (χ1n) is 8.10. The Hall–Kier alpha value is -2.02. The van der Waals surface area contributed by atoms with Crippen molar-refractivity contribution >= 4 is 29.5 Å².